The predicted octanol–water partition coefficient (Wildman–Crippen LogP) is 1.35. The first-order valence-corrected chi connectivity index (χ1v) is 8.60. The largest absolute Gasteiger partial charge is 0.450 e. The maximum absolute atomic E-state index is 11.7. The third kappa shape index (κ3) is 4.25. The standard InChI is InChI=1S/C16H25N5O3/c1-2-24-16(22)21-7-4-13(5-8-21)18-15-17-6-3-14(19-15)20-9-11-23-12-10-20/h3,6,13H,2,4-5,7-12H2,1H3,(H,17,18,19). The van der Waals surface area contributed by atoms with E-state index in [2.05, 4.69) is 20.2 Å². The Labute approximate surface area is 142 Å². The number of likely N-dealkylation sites (tertiary alicyclic amines) is 1. The first-order chi connectivity index (χ1) is 11.8. The van der Waals surface area contributed by atoms with E-state index in [1.54, 1.807) is 11.1 Å². The van der Waals surface area contributed by atoms with E-state index in [0.29, 0.717) is 25.6 Å². The van der Waals surface area contributed by atoms with Gasteiger partial charge in [0.15, 0.2) is 0 Å². The highest BCUT2D eigenvalue weighted by molar-refractivity contribution is 5.67. The molecule has 3 heterocycles. The first-order valence-electron chi connectivity index (χ1n) is 8.60. The first kappa shape index (κ1) is 16.8. The van der Waals surface area contributed by atoms with Crippen molar-refractivity contribution in [3.63, 3.8) is 0 Å². The second-order valence-corrected chi connectivity index (χ2v) is 5.94. The number of rotatable bonds is 4. The van der Waals surface area contributed by atoms with Gasteiger partial charge in [0.05, 0.1) is 19.8 Å². The third-order valence-electron chi connectivity index (χ3n) is 4.33. The molecule has 2 saturated heterocycles. The van der Waals surface area contributed by atoms with E-state index in [1.807, 2.05) is 13.0 Å². The van der Waals surface area contributed by atoms with Crippen LogP contribution < -0.4 is 10.2 Å². The Kier molecular flexibility index (Phi) is 5.68. The van der Waals surface area contributed by atoms with Gasteiger partial charge >= 0.3 is 6.09 Å². The number of carbonyl (C=O) groups excluding carboxylic acids is 1. The number of morpholine rings is 1. The number of amides is 1. The summed E-state index contributed by atoms with van der Waals surface area (Å²) in [5, 5.41) is 3.39. The molecule has 3 rings (SSSR count). The Morgan fingerprint density at radius 3 is 2.79 bits per heavy atom. The Hall–Kier alpha value is -2.09. The minimum absolute atomic E-state index is 0.221. The highest BCUT2D eigenvalue weighted by Gasteiger charge is 2.24. The average Bonchev–Trinajstić information content (AvgIpc) is 2.63. The van der Waals surface area contributed by atoms with Crippen LogP contribution in [0.2, 0.25) is 0 Å². The fourth-order valence-corrected chi connectivity index (χ4v) is 2.99. The molecule has 2 aliphatic heterocycles. The van der Waals surface area contributed by atoms with Crippen molar-refractivity contribution < 1.29 is 14.3 Å². The van der Waals surface area contributed by atoms with E-state index >= 15 is 0 Å². The van der Waals surface area contributed by atoms with Crippen molar-refractivity contribution >= 4 is 17.9 Å². The molecule has 8 heteroatoms. The van der Waals surface area contributed by atoms with Crippen molar-refractivity contribution in [3.05, 3.63) is 12.3 Å². The van der Waals surface area contributed by atoms with Crippen molar-refractivity contribution in [2.45, 2.75) is 25.8 Å². The molecule has 0 aromatic carbocycles. The summed E-state index contributed by atoms with van der Waals surface area (Å²) in [5.41, 5.74) is 0. The minimum Gasteiger partial charge on any atom is -0.450 e. The van der Waals surface area contributed by atoms with Crippen molar-refractivity contribution in [2.75, 3.05) is 56.2 Å². The maximum Gasteiger partial charge on any atom is 0.409 e. The zero-order chi connectivity index (χ0) is 16.8. The number of ether oxygens (including phenoxy) is 2. The molecule has 0 aliphatic carbocycles. The number of nitrogens with zero attached hydrogens (tertiary/aromatic N) is 4. The van der Waals surface area contributed by atoms with Crippen molar-refractivity contribution in [1.29, 1.82) is 0 Å². The Balaban J connectivity index is 1.52. The summed E-state index contributed by atoms with van der Waals surface area (Å²) in [4.78, 5) is 24.6. The number of anilines is 2. The van der Waals surface area contributed by atoms with Gasteiger partial charge in [0.1, 0.15) is 5.82 Å². The number of nitrogens with one attached hydrogen (secondary N) is 1. The summed E-state index contributed by atoms with van der Waals surface area (Å²) in [6.45, 7) is 6.81. The molecule has 2 fully saturated rings. The lowest BCUT2D eigenvalue weighted by Gasteiger charge is -2.32. The van der Waals surface area contributed by atoms with Gasteiger partial charge in [-0.05, 0) is 25.8 Å². The van der Waals surface area contributed by atoms with Gasteiger partial charge in [-0.3, -0.25) is 0 Å². The predicted molar refractivity (Wildman–Crippen MR) is 90.3 cm³/mol. The molecule has 0 spiro atoms. The molecular formula is C16H25N5O3. The fourth-order valence-electron chi connectivity index (χ4n) is 2.99. The van der Waals surface area contributed by atoms with Gasteiger partial charge in [0.25, 0.3) is 0 Å². The highest BCUT2D eigenvalue weighted by atomic mass is 16.6. The second-order valence-electron chi connectivity index (χ2n) is 5.94. The Bertz CT molecular complexity index is 542. The molecule has 8 nitrogen and oxygen atoms in total. The minimum atomic E-state index is -0.221. The lowest BCUT2D eigenvalue weighted by atomic mass is 10.1. The monoisotopic (exact) mass is 335 g/mol. The molecule has 132 valence electrons. The molecule has 2 aliphatic rings. The van der Waals surface area contributed by atoms with E-state index in [-0.39, 0.29) is 12.1 Å². The molecule has 1 aromatic heterocycles. The van der Waals surface area contributed by atoms with E-state index in [9.17, 15) is 4.79 Å². The van der Waals surface area contributed by atoms with Crippen LogP contribution in [0.4, 0.5) is 16.6 Å². The van der Waals surface area contributed by atoms with Crippen LogP contribution in [0.25, 0.3) is 0 Å². The van der Waals surface area contributed by atoms with E-state index in [4.69, 9.17) is 9.47 Å². The molecule has 1 N–H and O–H groups in total. The molecule has 0 bridgehead atoms. The normalized spacial score (nSPS) is 19.2. The molecule has 0 atom stereocenters. The van der Waals surface area contributed by atoms with Crippen LogP contribution in [-0.2, 0) is 9.47 Å². The van der Waals surface area contributed by atoms with E-state index < -0.39 is 0 Å². The molecule has 24 heavy (non-hydrogen) atoms. The van der Waals surface area contributed by atoms with Gasteiger partial charge in [-0.15, -0.1) is 0 Å². The fraction of sp³-hybridized carbons (Fsp3) is 0.688. The second kappa shape index (κ2) is 8.14. The molecule has 0 unspecified atom stereocenters. The van der Waals surface area contributed by atoms with Crippen LogP contribution in [0.15, 0.2) is 12.3 Å². The molecule has 1 amide bonds. The molecule has 0 saturated carbocycles. The van der Waals surface area contributed by atoms with Crippen LogP contribution in [0.5, 0.6) is 0 Å². The van der Waals surface area contributed by atoms with Crippen molar-refractivity contribution in [3.8, 4) is 0 Å². The van der Waals surface area contributed by atoms with Gasteiger partial charge < -0.3 is 24.6 Å². The van der Waals surface area contributed by atoms with Crippen LogP contribution in [0.3, 0.4) is 0 Å². The zero-order valence-corrected chi connectivity index (χ0v) is 14.1. The number of hydrogen-bond donors (Lipinski definition) is 1. The number of carbonyl (C=O) groups is 1. The van der Waals surface area contributed by atoms with Gasteiger partial charge in [0, 0.05) is 38.4 Å². The number of piperidine rings is 1. The summed E-state index contributed by atoms with van der Waals surface area (Å²) >= 11 is 0. The van der Waals surface area contributed by atoms with Gasteiger partial charge in [0.2, 0.25) is 5.95 Å². The summed E-state index contributed by atoms with van der Waals surface area (Å²) in [6, 6.07) is 2.20. The van der Waals surface area contributed by atoms with Crippen LogP contribution >= 0.6 is 0 Å². The SMILES string of the molecule is CCOC(=O)N1CCC(Nc2nccc(N3CCOCC3)n2)CC1. The van der Waals surface area contributed by atoms with Gasteiger partial charge in [-0.1, -0.05) is 0 Å². The van der Waals surface area contributed by atoms with Crippen LogP contribution in [0, 0.1) is 0 Å². The smallest absolute Gasteiger partial charge is 0.409 e. The number of aromatic nitrogens is 2. The molecular weight excluding hydrogens is 310 g/mol. The highest BCUT2D eigenvalue weighted by Crippen LogP contribution is 2.18. The quantitative estimate of drug-likeness (QED) is 0.889. The molecule has 1 aromatic rings. The average molecular weight is 335 g/mol. The van der Waals surface area contributed by atoms with E-state index in [0.717, 1.165) is 45.0 Å². The lowest BCUT2D eigenvalue weighted by molar-refractivity contribution is 0.0983. The zero-order valence-electron chi connectivity index (χ0n) is 14.1. The van der Waals surface area contributed by atoms with Gasteiger partial charge in [-0.25, -0.2) is 9.78 Å². The third-order valence-corrected chi connectivity index (χ3v) is 4.33. The Morgan fingerprint density at radius 2 is 2.08 bits per heavy atom. The maximum atomic E-state index is 11.7. The lowest BCUT2D eigenvalue weighted by Crippen LogP contribution is -2.43. The summed E-state index contributed by atoms with van der Waals surface area (Å²) in [7, 11) is 0. The van der Waals surface area contributed by atoms with E-state index in [1.165, 1.54) is 0 Å². The topological polar surface area (TPSA) is 79.8 Å². The van der Waals surface area contributed by atoms with Crippen molar-refractivity contribution in [2.24, 2.45) is 0 Å². The summed E-state index contributed by atoms with van der Waals surface area (Å²) in [5.74, 6) is 1.58. The molecule has 0 radical (unpaired) electrons. The van der Waals surface area contributed by atoms with Crippen LogP contribution in [0.1, 0.15) is 19.8 Å². The number of hydrogen-bond acceptors (Lipinski definition) is 7. The van der Waals surface area contributed by atoms with Crippen LogP contribution in [-0.4, -0.2) is 73.0 Å². The summed E-state index contributed by atoms with van der Waals surface area (Å²) in [6.07, 6.45) is 3.29. The Morgan fingerprint density at radius 1 is 1.33 bits per heavy atom. The van der Waals surface area contributed by atoms with Crippen molar-refractivity contribution in [1.82, 2.24) is 14.9 Å². The summed E-state index contributed by atoms with van der Waals surface area (Å²) < 4.78 is 10.4. The van der Waals surface area contributed by atoms with Gasteiger partial charge in [-0.2, -0.15) is 4.98 Å².